The minimum Gasteiger partial charge on any atom is -0.310 e. The van der Waals surface area contributed by atoms with Crippen LogP contribution in [0, 0.1) is 5.92 Å². The lowest BCUT2D eigenvalue weighted by molar-refractivity contribution is 0.0901. The lowest BCUT2D eigenvalue weighted by atomic mass is 9.84. The summed E-state index contributed by atoms with van der Waals surface area (Å²) in [6, 6.07) is 5.94. The van der Waals surface area contributed by atoms with Crippen LogP contribution in [0.5, 0.6) is 0 Å². The SMILES string of the molecule is O=C(c1cc(Cl)ccc1Cl)C1CC2CCC1N2. The largest absolute Gasteiger partial charge is 0.310 e. The maximum absolute atomic E-state index is 12.4. The van der Waals surface area contributed by atoms with E-state index in [1.807, 2.05) is 0 Å². The van der Waals surface area contributed by atoms with E-state index in [0.29, 0.717) is 27.7 Å². The average molecular weight is 270 g/mol. The molecule has 0 radical (unpaired) electrons. The first-order valence-electron chi connectivity index (χ1n) is 5.90. The molecule has 3 atom stereocenters. The lowest BCUT2D eigenvalue weighted by Gasteiger charge is -2.19. The predicted octanol–water partition coefficient (Wildman–Crippen LogP) is 3.32. The van der Waals surface area contributed by atoms with Crippen LogP contribution < -0.4 is 5.32 Å². The molecule has 1 aromatic rings. The Bertz CT molecular complexity index is 474. The van der Waals surface area contributed by atoms with Crippen molar-refractivity contribution in [2.75, 3.05) is 0 Å². The van der Waals surface area contributed by atoms with Crippen LogP contribution in [-0.4, -0.2) is 17.9 Å². The summed E-state index contributed by atoms with van der Waals surface area (Å²) in [5.74, 6) is 0.210. The van der Waals surface area contributed by atoms with Gasteiger partial charge in [-0.25, -0.2) is 0 Å². The zero-order chi connectivity index (χ0) is 12.0. The molecular formula is C13H13Cl2NO. The van der Waals surface area contributed by atoms with E-state index >= 15 is 0 Å². The van der Waals surface area contributed by atoms with Gasteiger partial charge in [-0.1, -0.05) is 23.2 Å². The Morgan fingerprint density at radius 1 is 1.29 bits per heavy atom. The van der Waals surface area contributed by atoms with Gasteiger partial charge in [0.05, 0.1) is 5.02 Å². The number of halogens is 2. The van der Waals surface area contributed by atoms with Gasteiger partial charge in [-0.2, -0.15) is 0 Å². The Balaban J connectivity index is 1.89. The zero-order valence-electron chi connectivity index (χ0n) is 9.25. The fraction of sp³-hybridized carbons (Fsp3) is 0.462. The molecule has 17 heavy (non-hydrogen) atoms. The zero-order valence-corrected chi connectivity index (χ0v) is 10.8. The maximum atomic E-state index is 12.4. The number of hydrogen-bond acceptors (Lipinski definition) is 2. The van der Waals surface area contributed by atoms with Crippen LogP contribution >= 0.6 is 23.2 Å². The molecule has 2 nitrogen and oxygen atoms in total. The third-order valence-electron chi connectivity index (χ3n) is 3.83. The Hall–Kier alpha value is -0.570. The standard InChI is InChI=1S/C13H13Cl2NO/c14-7-1-3-11(15)9(5-7)13(17)10-6-8-2-4-12(10)16-8/h1,3,5,8,10,12,16H,2,4,6H2. The van der Waals surface area contributed by atoms with Gasteiger partial charge >= 0.3 is 0 Å². The van der Waals surface area contributed by atoms with E-state index in [1.54, 1.807) is 18.2 Å². The van der Waals surface area contributed by atoms with Crippen LogP contribution in [0.2, 0.25) is 10.0 Å². The predicted molar refractivity (Wildman–Crippen MR) is 68.8 cm³/mol. The van der Waals surface area contributed by atoms with Gasteiger partial charge in [-0.05, 0) is 37.5 Å². The Kier molecular flexibility index (Phi) is 2.89. The number of fused-ring (bicyclic) bond motifs is 2. The number of ketones is 1. The molecule has 2 bridgehead atoms. The molecule has 2 saturated heterocycles. The van der Waals surface area contributed by atoms with Crippen molar-refractivity contribution in [1.82, 2.24) is 5.32 Å². The van der Waals surface area contributed by atoms with Gasteiger partial charge in [0.1, 0.15) is 0 Å². The average Bonchev–Trinajstić information content (AvgIpc) is 2.93. The summed E-state index contributed by atoms with van der Waals surface area (Å²) in [6.45, 7) is 0. The highest BCUT2D eigenvalue weighted by Crippen LogP contribution is 2.36. The molecule has 90 valence electrons. The van der Waals surface area contributed by atoms with Gasteiger partial charge in [0, 0.05) is 28.6 Å². The van der Waals surface area contributed by atoms with Crippen molar-refractivity contribution in [3.63, 3.8) is 0 Å². The lowest BCUT2D eigenvalue weighted by Crippen LogP contribution is -2.28. The van der Waals surface area contributed by atoms with Crippen molar-refractivity contribution in [2.45, 2.75) is 31.3 Å². The smallest absolute Gasteiger partial charge is 0.169 e. The van der Waals surface area contributed by atoms with E-state index in [1.165, 1.54) is 6.42 Å². The number of hydrogen-bond donors (Lipinski definition) is 1. The Labute approximate surface area is 110 Å². The molecule has 2 heterocycles. The van der Waals surface area contributed by atoms with Crippen LogP contribution in [0.25, 0.3) is 0 Å². The number of nitrogens with one attached hydrogen (secondary N) is 1. The molecule has 0 aromatic heterocycles. The summed E-state index contributed by atoms with van der Waals surface area (Å²) in [5, 5.41) is 4.53. The molecule has 0 amide bonds. The summed E-state index contributed by atoms with van der Waals surface area (Å²) < 4.78 is 0. The van der Waals surface area contributed by atoms with Gasteiger partial charge < -0.3 is 5.32 Å². The molecule has 1 aromatic carbocycles. The third kappa shape index (κ3) is 1.99. The van der Waals surface area contributed by atoms with Crippen LogP contribution in [0.15, 0.2) is 18.2 Å². The van der Waals surface area contributed by atoms with Crippen LogP contribution in [-0.2, 0) is 0 Å². The van der Waals surface area contributed by atoms with E-state index in [9.17, 15) is 4.79 Å². The molecule has 3 rings (SSSR count). The number of carbonyl (C=O) groups is 1. The summed E-state index contributed by atoms with van der Waals surface area (Å²) in [6.07, 6.45) is 3.23. The highest BCUT2D eigenvalue weighted by molar-refractivity contribution is 6.36. The highest BCUT2D eigenvalue weighted by atomic mass is 35.5. The molecule has 4 heteroatoms. The molecule has 0 aliphatic carbocycles. The van der Waals surface area contributed by atoms with Gasteiger partial charge in [-0.3, -0.25) is 4.79 Å². The maximum Gasteiger partial charge on any atom is 0.169 e. The van der Waals surface area contributed by atoms with E-state index in [-0.39, 0.29) is 11.7 Å². The molecule has 1 N–H and O–H groups in total. The summed E-state index contributed by atoms with van der Waals surface area (Å²) in [4.78, 5) is 12.4. The van der Waals surface area contributed by atoms with E-state index in [0.717, 1.165) is 12.8 Å². The van der Waals surface area contributed by atoms with Gasteiger partial charge in [0.2, 0.25) is 0 Å². The number of rotatable bonds is 2. The second kappa shape index (κ2) is 4.27. The number of Topliss-reactive ketones (excluding diaryl/α,β-unsaturated/α-hetero) is 1. The van der Waals surface area contributed by atoms with Gasteiger partial charge in [0.15, 0.2) is 5.78 Å². The minimum atomic E-state index is 0.0738. The summed E-state index contributed by atoms with van der Waals surface area (Å²) >= 11 is 12.0. The van der Waals surface area contributed by atoms with Crippen LogP contribution in [0.4, 0.5) is 0 Å². The number of benzene rings is 1. The first-order valence-corrected chi connectivity index (χ1v) is 6.66. The topological polar surface area (TPSA) is 29.1 Å². The molecule has 2 aliphatic rings. The van der Waals surface area contributed by atoms with E-state index < -0.39 is 0 Å². The minimum absolute atomic E-state index is 0.0738. The fourth-order valence-electron chi connectivity index (χ4n) is 3.00. The third-order valence-corrected chi connectivity index (χ3v) is 4.40. The van der Waals surface area contributed by atoms with Crippen molar-refractivity contribution in [3.05, 3.63) is 33.8 Å². The quantitative estimate of drug-likeness (QED) is 0.835. The molecule has 0 spiro atoms. The summed E-state index contributed by atoms with van der Waals surface area (Å²) in [5.41, 5.74) is 0.568. The van der Waals surface area contributed by atoms with E-state index in [4.69, 9.17) is 23.2 Å². The van der Waals surface area contributed by atoms with Gasteiger partial charge in [0.25, 0.3) is 0 Å². The van der Waals surface area contributed by atoms with Crippen molar-refractivity contribution in [2.24, 2.45) is 5.92 Å². The number of carbonyl (C=O) groups excluding carboxylic acids is 1. The molecule has 0 saturated carbocycles. The van der Waals surface area contributed by atoms with E-state index in [2.05, 4.69) is 5.32 Å². The van der Waals surface area contributed by atoms with Crippen molar-refractivity contribution >= 4 is 29.0 Å². The Morgan fingerprint density at radius 3 is 2.76 bits per heavy atom. The fourth-order valence-corrected chi connectivity index (χ4v) is 3.38. The monoisotopic (exact) mass is 269 g/mol. The van der Waals surface area contributed by atoms with Crippen molar-refractivity contribution < 1.29 is 4.79 Å². The second-order valence-electron chi connectivity index (χ2n) is 4.88. The highest BCUT2D eigenvalue weighted by Gasteiger charge is 2.43. The second-order valence-corrected chi connectivity index (χ2v) is 5.72. The molecule has 2 aliphatic heterocycles. The molecular weight excluding hydrogens is 257 g/mol. The van der Waals surface area contributed by atoms with Crippen molar-refractivity contribution in [3.8, 4) is 0 Å². The normalized spacial score (nSPS) is 30.8. The molecule has 3 unspecified atom stereocenters. The summed E-state index contributed by atoms with van der Waals surface area (Å²) in [7, 11) is 0. The first kappa shape index (κ1) is 11.5. The van der Waals surface area contributed by atoms with Crippen LogP contribution in [0.3, 0.4) is 0 Å². The van der Waals surface area contributed by atoms with Crippen LogP contribution in [0.1, 0.15) is 29.6 Å². The molecule has 2 fully saturated rings. The van der Waals surface area contributed by atoms with Gasteiger partial charge in [-0.15, -0.1) is 0 Å². The van der Waals surface area contributed by atoms with Crippen molar-refractivity contribution in [1.29, 1.82) is 0 Å². The Morgan fingerprint density at radius 2 is 2.12 bits per heavy atom. The first-order chi connectivity index (χ1) is 8.15.